The molecule has 1 heterocycles. The van der Waals surface area contributed by atoms with Crippen LogP contribution in [0.2, 0.25) is 0 Å². The molecule has 0 bridgehead atoms. The highest BCUT2D eigenvalue weighted by Crippen LogP contribution is 2.38. The number of anilines is 1. The average Bonchev–Trinajstić information content (AvgIpc) is 2.46. The summed E-state index contributed by atoms with van der Waals surface area (Å²) in [5.74, 6) is 0.201. The first-order valence-corrected chi connectivity index (χ1v) is 6.87. The lowest BCUT2D eigenvalue weighted by Crippen LogP contribution is -2.31. The molecule has 0 radical (unpaired) electrons. The Morgan fingerprint density at radius 3 is 2.71 bits per heavy atom. The van der Waals surface area contributed by atoms with Gasteiger partial charge in [0.15, 0.2) is 0 Å². The molecular weight excluding hydrogens is 269 g/mol. The fraction of sp³-hybridized carbons (Fsp3) is 0.294. The Kier molecular flexibility index (Phi) is 3.33. The zero-order valence-corrected chi connectivity index (χ0v) is 12.4. The van der Waals surface area contributed by atoms with Gasteiger partial charge in [-0.2, -0.15) is 0 Å². The SMILES string of the molecule is COc1cc(F)cc(-c2ccc3c(c2)C(C)(C)OCN3)c1. The molecule has 0 spiro atoms. The van der Waals surface area contributed by atoms with E-state index in [0.29, 0.717) is 12.5 Å². The van der Waals surface area contributed by atoms with Crippen molar-refractivity contribution in [1.29, 1.82) is 0 Å². The molecule has 0 fully saturated rings. The number of nitrogens with one attached hydrogen (secondary N) is 1. The van der Waals surface area contributed by atoms with Gasteiger partial charge < -0.3 is 14.8 Å². The van der Waals surface area contributed by atoms with Crippen molar-refractivity contribution in [2.75, 3.05) is 19.2 Å². The molecule has 1 N–H and O–H groups in total. The van der Waals surface area contributed by atoms with Crippen LogP contribution in [-0.2, 0) is 10.3 Å². The fourth-order valence-electron chi connectivity index (χ4n) is 2.60. The Hall–Kier alpha value is -2.07. The first kappa shape index (κ1) is 13.9. The normalized spacial score (nSPS) is 16.0. The van der Waals surface area contributed by atoms with Crippen molar-refractivity contribution in [3.63, 3.8) is 0 Å². The first-order valence-electron chi connectivity index (χ1n) is 6.87. The van der Waals surface area contributed by atoms with Crippen molar-refractivity contribution in [3.05, 3.63) is 47.8 Å². The molecule has 0 aliphatic carbocycles. The van der Waals surface area contributed by atoms with Gasteiger partial charge in [-0.05, 0) is 49.2 Å². The van der Waals surface area contributed by atoms with Crippen molar-refractivity contribution in [2.24, 2.45) is 0 Å². The van der Waals surface area contributed by atoms with Gasteiger partial charge in [0.2, 0.25) is 0 Å². The number of hydrogen-bond donors (Lipinski definition) is 1. The molecule has 0 amide bonds. The highest BCUT2D eigenvalue weighted by atomic mass is 19.1. The third kappa shape index (κ3) is 2.59. The lowest BCUT2D eigenvalue weighted by molar-refractivity contribution is -0.0178. The molecule has 110 valence electrons. The molecule has 0 unspecified atom stereocenters. The molecule has 2 aromatic rings. The smallest absolute Gasteiger partial charge is 0.127 e. The minimum atomic E-state index is -0.367. The van der Waals surface area contributed by atoms with Crippen LogP contribution in [0.3, 0.4) is 0 Å². The number of halogens is 1. The summed E-state index contributed by atoms with van der Waals surface area (Å²) in [4.78, 5) is 0. The quantitative estimate of drug-likeness (QED) is 0.900. The second-order valence-electron chi connectivity index (χ2n) is 5.62. The Morgan fingerprint density at radius 1 is 1.14 bits per heavy atom. The minimum absolute atomic E-state index is 0.310. The highest BCUT2D eigenvalue weighted by molar-refractivity contribution is 5.71. The van der Waals surface area contributed by atoms with Gasteiger partial charge >= 0.3 is 0 Å². The van der Waals surface area contributed by atoms with Crippen molar-refractivity contribution < 1.29 is 13.9 Å². The zero-order chi connectivity index (χ0) is 15.0. The minimum Gasteiger partial charge on any atom is -0.497 e. The van der Waals surface area contributed by atoms with E-state index >= 15 is 0 Å². The van der Waals surface area contributed by atoms with Crippen LogP contribution in [0.25, 0.3) is 11.1 Å². The maximum absolute atomic E-state index is 13.7. The molecule has 0 saturated carbocycles. The predicted octanol–water partition coefficient (Wildman–Crippen LogP) is 4.14. The van der Waals surface area contributed by atoms with Crippen LogP contribution < -0.4 is 10.1 Å². The lowest BCUT2D eigenvalue weighted by atomic mass is 9.91. The van der Waals surface area contributed by atoms with Gasteiger partial charge in [-0.15, -0.1) is 0 Å². The summed E-state index contributed by atoms with van der Waals surface area (Å²) >= 11 is 0. The standard InChI is InChI=1S/C17H18FNO2/c1-17(2)15-8-11(4-5-16(15)19-10-21-17)12-6-13(18)9-14(7-12)20-3/h4-9,19H,10H2,1-3H3. The summed E-state index contributed by atoms with van der Waals surface area (Å²) in [5, 5.41) is 3.21. The highest BCUT2D eigenvalue weighted by Gasteiger charge is 2.28. The second kappa shape index (κ2) is 5.04. The van der Waals surface area contributed by atoms with E-state index in [0.717, 1.165) is 22.4 Å². The molecule has 0 atom stereocenters. The van der Waals surface area contributed by atoms with E-state index in [2.05, 4.69) is 5.32 Å². The van der Waals surface area contributed by atoms with E-state index in [9.17, 15) is 4.39 Å². The molecular formula is C17H18FNO2. The zero-order valence-electron chi connectivity index (χ0n) is 12.4. The molecule has 3 rings (SSSR count). The molecule has 1 aliphatic rings. The molecule has 2 aromatic carbocycles. The Morgan fingerprint density at radius 2 is 1.95 bits per heavy atom. The van der Waals surface area contributed by atoms with Crippen molar-refractivity contribution in [3.8, 4) is 16.9 Å². The fourth-order valence-corrected chi connectivity index (χ4v) is 2.60. The third-order valence-electron chi connectivity index (χ3n) is 3.80. The van der Waals surface area contributed by atoms with Gasteiger partial charge in [-0.1, -0.05) is 6.07 Å². The summed E-state index contributed by atoms with van der Waals surface area (Å²) in [6.45, 7) is 4.55. The van der Waals surface area contributed by atoms with Crippen LogP contribution in [0.15, 0.2) is 36.4 Å². The van der Waals surface area contributed by atoms with Gasteiger partial charge in [0.1, 0.15) is 18.3 Å². The summed E-state index contributed by atoms with van der Waals surface area (Å²) in [6.07, 6.45) is 0. The van der Waals surface area contributed by atoms with Crippen molar-refractivity contribution >= 4 is 5.69 Å². The number of fused-ring (bicyclic) bond motifs is 1. The molecule has 4 heteroatoms. The molecule has 3 nitrogen and oxygen atoms in total. The number of ether oxygens (including phenoxy) is 2. The summed E-state index contributed by atoms with van der Waals surface area (Å²) in [5.41, 5.74) is 3.48. The number of rotatable bonds is 2. The first-order chi connectivity index (χ1) is 9.99. The van der Waals surface area contributed by atoms with E-state index in [1.165, 1.54) is 19.2 Å². The number of benzene rings is 2. The van der Waals surface area contributed by atoms with E-state index in [1.54, 1.807) is 0 Å². The topological polar surface area (TPSA) is 30.5 Å². The van der Waals surface area contributed by atoms with Crippen molar-refractivity contribution in [1.82, 2.24) is 0 Å². The van der Waals surface area contributed by atoms with Crippen LogP contribution in [0, 0.1) is 5.82 Å². The predicted molar refractivity (Wildman–Crippen MR) is 81.0 cm³/mol. The summed E-state index contributed by atoms with van der Waals surface area (Å²) in [6, 6.07) is 10.7. The second-order valence-corrected chi connectivity index (χ2v) is 5.62. The molecule has 21 heavy (non-hydrogen) atoms. The maximum Gasteiger partial charge on any atom is 0.127 e. The molecule has 1 aliphatic heterocycles. The molecule has 0 aromatic heterocycles. The van der Waals surface area contributed by atoms with Gasteiger partial charge in [0.05, 0.1) is 12.7 Å². The monoisotopic (exact) mass is 287 g/mol. The van der Waals surface area contributed by atoms with Gasteiger partial charge in [0, 0.05) is 17.3 Å². The lowest BCUT2D eigenvalue weighted by Gasteiger charge is -2.34. The average molecular weight is 287 g/mol. The third-order valence-corrected chi connectivity index (χ3v) is 3.80. The largest absolute Gasteiger partial charge is 0.497 e. The van der Waals surface area contributed by atoms with Gasteiger partial charge in [-0.25, -0.2) is 4.39 Å². The Labute approximate surface area is 123 Å². The number of hydrogen-bond acceptors (Lipinski definition) is 3. The Balaban J connectivity index is 2.10. The van der Waals surface area contributed by atoms with Crippen molar-refractivity contribution in [2.45, 2.75) is 19.4 Å². The van der Waals surface area contributed by atoms with E-state index < -0.39 is 0 Å². The van der Waals surface area contributed by atoms with Crippen LogP contribution in [0.1, 0.15) is 19.4 Å². The molecule has 0 saturated heterocycles. The van der Waals surface area contributed by atoms with E-state index in [4.69, 9.17) is 9.47 Å². The van der Waals surface area contributed by atoms with Crippen LogP contribution in [0.4, 0.5) is 10.1 Å². The van der Waals surface area contributed by atoms with Crippen LogP contribution in [-0.4, -0.2) is 13.8 Å². The number of methoxy groups -OCH3 is 1. The van der Waals surface area contributed by atoms with Crippen LogP contribution >= 0.6 is 0 Å². The maximum atomic E-state index is 13.7. The summed E-state index contributed by atoms with van der Waals surface area (Å²) in [7, 11) is 1.53. The van der Waals surface area contributed by atoms with E-state index in [-0.39, 0.29) is 11.4 Å². The summed E-state index contributed by atoms with van der Waals surface area (Å²) < 4.78 is 24.5. The van der Waals surface area contributed by atoms with E-state index in [1.807, 2.05) is 38.1 Å². The van der Waals surface area contributed by atoms with Gasteiger partial charge in [0.25, 0.3) is 0 Å². The Bertz CT molecular complexity index is 682. The van der Waals surface area contributed by atoms with Crippen LogP contribution in [0.5, 0.6) is 5.75 Å². The van der Waals surface area contributed by atoms with Gasteiger partial charge in [-0.3, -0.25) is 0 Å².